The molecule has 2 aliphatic heterocycles. The summed E-state index contributed by atoms with van der Waals surface area (Å²) in [6.07, 6.45) is 9.14. The van der Waals surface area contributed by atoms with Gasteiger partial charge in [-0.3, -0.25) is 19.6 Å². The lowest BCUT2D eigenvalue weighted by Gasteiger charge is -2.46. The molecule has 276 valence electrons. The van der Waals surface area contributed by atoms with Crippen molar-refractivity contribution in [2.75, 3.05) is 20.2 Å². The molecule has 10 heteroatoms. The average Bonchev–Trinajstić information content (AvgIpc) is 3.60. The first kappa shape index (κ1) is 36.9. The van der Waals surface area contributed by atoms with Crippen LogP contribution in [0.4, 0.5) is 0 Å². The lowest BCUT2D eigenvalue weighted by Crippen LogP contribution is -2.51. The van der Waals surface area contributed by atoms with Gasteiger partial charge >= 0.3 is 0 Å². The molecule has 1 atom stereocenters. The summed E-state index contributed by atoms with van der Waals surface area (Å²) in [7, 11) is 1.83. The molecule has 0 aromatic heterocycles. The number of rotatable bonds is 12. The van der Waals surface area contributed by atoms with Crippen LogP contribution in [-0.4, -0.2) is 59.1 Å². The maximum atomic E-state index is 14.9. The number of benzene rings is 2. The lowest BCUT2D eigenvalue weighted by atomic mass is 9.73. The number of hydrogen-bond acceptors (Lipinski definition) is 8. The first-order valence-corrected chi connectivity index (χ1v) is 18.9. The zero-order chi connectivity index (χ0) is 36.6. The van der Waals surface area contributed by atoms with Crippen LogP contribution in [0.15, 0.2) is 58.6 Å². The number of aliphatic imine (C=N–C) groups is 1. The Morgan fingerprint density at radius 1 is 1.00 bits per heavy atom. The SMILES string of the molecule is CN1NNN=C1CNC(=O)c1ccc([C@@H](CCC(C)(C)C)N2C(=O)C(c3cccc(OCCC(C)(C)C)c3)=NC23CCC(C2(C)CC2)CC3)cc1. The molecule has 0 saturated heterocycles. The summed E-state index contributed by atoms with van der Waals surface area (Å²) in [6, 6.07) is 15.6. The van der Waals surface area contributed by atoms with E-state index in [1.165, 1.54) is 12.8 Å². The van der Waals surface area contributed by atoms with E-state index in [0.29, 0.717) is 41.6 Å². The number of hydrazine groups is 2. The number of likely N-dealkylation sites (N-methyl/N-ethyl adjacent to an activating group) is 1. The predicted octanol–water partition coefficient (Wildman–Crippen LogP) is 7.39. The number of nitrogens with zero attached hydrogens (tertiary/aromatic N) is 4. The second kappa shape index (κ2) is 14.2. The second-order valence-electron chi connectivity index (χ2n) is 18.0. The fourth-order valence-electron chi connectivity index (χ4n) is 7.77. The van der Waals surface area contributed by atoms with E-state index < -0.39 is 5.66 Å². The summed E-state index contributed by atoms with van der Waals surface area (Å²) in [4.78, 5) is 35.7. The molecule has 2 aliphatic carbocycles. The van der Waals surface area contributed by atoms with Crippen LogP contribution in [0.5, 0.6) is 5.75 Å². The summed E-state index contributed by atoms with van der Waals surface area (Å²) in [6.45, 7) is 16.7. The third kappa shape index (κ3) is 8.59. The van der Waals surface area contributed by atoms with Crippen LogP contribution in [0.3, 0.4) is 0 Å². The van der Waals surface area contributed by atoms with Gasteiger partial charge in [-0.25, -0.2) is 5.53 Å². The van der Waals surface area contributed by atoms with E-state index in [4.69, 9.17) is 9.73 Å². The van der Waals surface area contributed by atoms with Crippen molar-refractivity contribution in [2.45, 2.75) is 118 Å². The molecule has 6 rings (SSSR count). The van der Waals surface area contributed by atoms with Crippen molar-refractivity contribution in [1.82, 2.24) is 26.3 Å². The van der Waals surface area contributed by atoms with Crippen molar-refractivity contribution < 1.29 is 14.3 Å². The van der Waals surface area contributed by atoms with Gasteiger partial charge in [-0.2, -0.15) is 0 Å². The van der Waals surface area contributed by atoms with E-state index in [0.717, 1.165) is 61.8 Å². The normalized spacial score (nSPS) is 23.5. The van der Waals surface area contributed by atoms with Gasteiger partial charge in [-0.05, 0) is 110 Å². The van der Waals surface area contributed by atoms with Crippen molar-refractivity contribution in [2.24, 2.45) is 32.3 Å². The number of hydrogen-bond donors (Lipinski definition) is 3. The Balaban J connectivity index is 1.30. The Bertz CT molecular complexity index is 1640. The van der Waals surface area contributed by atoms with Gasteiger partial charge in [0.1, 0.15) is 17.1 Å². The first-order chi connectivity index (χ1) is 24.1. The Morgan fingerprint density at radius 2 is 1.69 bits per heavy atom. The summed E-state index contributed by atoms with van der Waals surface area (Å²) in [5, 5.41) is 8.82. The fourth-order valence-corrected chi connectivity index (χ4v) is 7.77. The molecule has 51 heavy (non-hydrogen) atoms. The molecular formula is C41H59N7O3. The highest BCUT2D eigenvalue weighted by molar-refractivity contribution is 6.46. The molecule has 0 radical (unpaired) electrons. The van der Waals surface area contributed by atoms with Gasteiger partial charge in [0, 0.05) is 18.2 Å². The van der Waals surface area contributed by atoms with Gasteiger partial charge in [0.25, 0.3) is 11.8 Å². The second-order valence-corrected chi connectivity index (χ2v) is 18.0. The van der Waals surface area contributed by atoms with Crippen LogP contribution in [-0.2, 0) is 4.79 Å². The van der Waals surface area contributed by atoms with Crippen LogP contribution in [0.2, 0.25) is 0 Å². The number of ether oxygens (including phenoxy) is 1. The number of amidine groups is 1. The largest absolute Gasteiger partial charge is 0.494 e. The highest BCUT2D eigenvalue weighted by Crippen LogP contribution is 2.58. The molecule has 4 aliphatic rings. The topological polar surface area (TPSA) is 111 Å². The van der Waals surface area contributed by atoms with Crippen LogP contribution in [0.1, 0.15) is 134 Å². The van der Waals surface area contributed by atoms with Crippen molar-refractivity contribution in [3.05, 3.63) is 65.2 Å². The Kier molecular flexibility index (Phi) is 10.3. The number of carbonyl (C=O) groups excluding carboxylic acids is 2. The summed E-state index contributed by atoms with van der Waals surface area (Å²) in [5.74, 6) is 1.94. The molecule has 2 aromatic rings. The fraction of sp³-hybridized carbons (Fsp3) is 0.610. The van der Waals surface area contributed by atoms with E-state index in [1.807, 2.05) is 55.6 Å². The molecule has 3 N–H and O–H groups in total. The molecule has 0 unspecified atom stereocenters. The van der Waals surface area contributed by atoms with E-state index in [-0.39, 0.29) is 28.7 Å². The Labute approximate surface area is 304 Å². The van der Waals surface area contributed by atoms with Gasteiger partial charge in [0.05, 0.1) is 19.2 Å². The van der Waals surface area contributed by atoms with Gasteiger partial charge in [0.15, 0.2) is 5.84 Å². The minimum atomic E-state index is -0.605. The van der Waals surface area contributed by atoms with Gasteiger partial charge < -0.3 is 15.0 Å². The standard InChI is InChI=1S/C41H59N7O3/c1-38(2,3)19-18-33(28-12-14-29(15-13-28)36(49)42-27-34-44-45-46-47(34)8)48-37(50)35(30-10-9-11-32(26-30)51-25-24-39(4,5)6)43-41(48)20-16-31(17-21-41)40(7)22-23-40/h9-15,26,31,33,45-46H,16-25,27H2,1-8H3,(H,42,49)/t31?,33-,41?/m1/s1. The third-order valence-corrected chi connectivity index (χ3v) is 11.5. The van der Waals surface area contributed by atoms with Crippen LogP contribution in [0, 0.1) is 22.2 Å². The monoisotopic (exact) mass is 697 g/mol. The van der Waals surface area contributed by atoms with Crippen molar-refractivity contribution in [3.63, 3.8) is 0 Å². The molecule has 2 saturated carbocycles. The van der Waals surface area contributed by atoms with Crippen molar-refractivity contribution in [1.29, 1.82) is 0 Å². The molecule has 1 spiro atoms. The number of amides is 2. The third-order valence-electron chi connectivity index (χ3n) is 11.5. The number of hydrazone groups is 1. The van der Waals surface area contributed by atoms with E-state index in [9.17, 15) is 9.59 Å². The highest BCUT2D eigenvalue weighted by Gasteiger charge is 2.55. The van der Waals surface area contributed by atoms with Crippen molar-refractivity contribution in [3.8, 4) is 5.75 Å². The van der Waals surface area contributed by atoms with Crippen LogP contribution < -0.4 is 21.1 Å². The molecule has 2 amide bonds. The molecule has 2 aromatic carbocycles. The number of nitrogens with one attached hydrogen (secondary N) is 3. The minimum Gasteiger partial charge on any atom is -0.494 e. The molecule has 2 fully saturated rings. The maximum Gasteiger partial charge on any atom is 0.275 e. The minimum absolute atomic E-state index is 0.0117. The molecular weight excluding hydrogens is 638 g/mol. The quantitative estimate of drug-likeness (QED) is 0.214. The zero-order valence-corrected chi connectivity index (χ0v) is 32.1. The van der Waals surface area contributed by atoms with Gasteiger partial charge in [0.2, 0.25) is 0 Å². The van der Waals surface area contributed by atoms with E-state index in [1.54, 1.807) is 5.01 Å². The van der Waals surface area contributed by atoms with Crippen LogP contribution >= 0.6 is 0 Å². The van der Waals surface area contributed by atoms with Gasteiger partial charge in [-0.1, -0.05) is 72.7 Å². The van der Waals surface area contributed by atoms with E-state index >= 15 is 0 Å². The summed E-state index contributed by atoms with van der Waals surface area (Å²) >= 11 is 0. The Morgan fingerprint density at radius 3 is 2.29 bits per heavy atom. The predicted molar refractivity (Wildman–Crippen MR) is 203 cm³/mol. The summed E-state index contributed by atoms with van der Waals surface area (Å²) < 4.78 is 6.19. The van der Waals surface area contributed by atoms with Crippen LogP contribution in [0.25, 0.3) is 0 Å². The smallest absolute Gasteiger partial charge is 0.275 e. The molecule has 0 bridgehead atoms. The average molecular weight is 698 g/mol. The number of carbonyl (C=O) groups is 2. The molecule has 2 heterocycles. The van der Waals surface area contributed by atoms with Crippen molar-refractivity contribution >= 4 is 23.4 Å². The first-order valence-electron chi connectivity index (χ1n) is 18.9. The van der Waals surface area contributed by atoms with Gasteiger partial charge in [-0.15, -0.1) is 10.6 Å². The highest BCUT2D eigenvalue weighted by atomic mass is 16.5. The lowest BCUT2D eigenvalue weighted by molar-refractivity contribution is -0.133. The summed E-state index contributed by atoms with van der Waals surface area (Å²) in [5.41, 5.74) is 8.58. The maximum absolute atomic E-state index is 14.9. The molecule has 10 nitrogen and oxygen atoms in total. The Hall–Kier alpha value is -3.92. The zero-order valence-electron chi connectivity index (χ0n) is 32.1. The van der Waals surface area contributed by atoms with E-state index in [2.05, 4.69) is 74.9 Å².